The second kappa shape index (κ2) is 2.96. The number of nitrogens with one attached hydrogen (secondary N) is 1. The number of hydrogen-bond donors (Lipinski definition) is 1. The molecule has 9 heavy (non-hydrogen) atoms. The predicted molar refractivity (Wildman–Crippen MR) is 43.6 cm³/mol. The van der Waals surface area contributed by atoms with E-state index in [1.165, 1.54) is 6.54 Å². The Hall–Kier alpha value is 0.350. The third kappa shape index (κ3) is 2.21. The van der Waals surface area contributed by atoms with Gasteiger partial charge in [0.2, 0.25) is 0 Å². The van der Waals surface area contributed by atoms with E-state index in [1.54, 1.807) is 0 Å². The fraction of sp³-hybridized carbons (Fsp3) is 1.00. The molecular weight excluding hydrogens is 131 g/mol. The van der Waals surface area contributed by atoms with Crippen LogP contribution in [0.3, 0.4) is 0 Å². The molecule has 0 aromatic heterocycles. The highest BCUT2D eigenvalue weighted by atomic mass is 31.0. The third-order valence-electron chi connectivity index (χ3n) is 1.59. The lowest BCUT2D eigenvalue weighted by atomic mass is 10.2. The Bertz CT molecular complexity index is 72.0. The van der Waals surface area contributed by atoms with Gasteiger partial charge in [-0.1, -0.05) is 0 Å². The van der Waals surface area contributed by atoms with Gasteiger partial charge in [-0.3, -0.25) is 0 Å². The highest BCUT2D eigenvalue weighted by Gasteiger charge is 2.16. The van der Waals surface area contributed by atoms with Gasteiger partial charge in [0.1, 0.15) is 0 Å². The lowest BCUT2D eigenvalue weighted by Crippen LogP contribution is -2.51. The van der Waals surface area contributed by atoms with Gasteiger partial charge in [-0.2, -0.15) is 0 Å². The molecular formula is C6H15N2P. The molecule has 0 aromatic rings. The Balaban J connectivity index is 2.34. The van der Waals surface area contributed by atoms with E-state index in [9.17, 15) is 0 Å². The van der Waals surface area contributed by atoms with E-state index in [0.29, 0.717) is 11.8 Å². The van der Waals surface area contributed by atoms with E-state index in [2.05, 4.69) is 33.4 Å². The van der Waals surface area contributed by atoms with Crippen molar-refractivity contribution in [2.24, 2.45) is 0 Å². The fourth-order valence-electron chi connectivity index (χ4n) is 1.35. The standard InChI is InChI=1S/C6H15N2P/c1-5-3-8(2)4-6(9)7-5/h5-7H,3-4,9H2,1-2H3. The van der Waals surface area contributed by atoms with Crippen molar-refractivity contribution in [1.82, 2.24) is 10.2 Å². The Labute approximate surface area is 59.2 Å². The molecule has 1 rings (SSSR count). The SMILES string of the molecule is CC1CN(C)CC(P)N1. The molecule has 0 radical (unpaired) electrons. The van der Waals surface area contributed by atoms with Gasteiger partial charge in [-0.15, -0.1) is 9.24 Å². The monoisotopic (exact) mass is 146 g/mol. The first-order chi connectivity index (χ1) is 4.18. The van der Waals surface area contributed by atoms with Crippen LogP contribution in [0.25, 0.3) is 0 Å². The number of likely N-dealkylation sites (N-methyl/N-ethyl adjacent to an activating group) is 1. The molecule has 0 amide bonds. The van der Waals surface area contributed by atoms with Crippen molar-refractivity contribution in [3.05, 3.63) is 0 Å². The predicted octanol–water partition coefficient (Wildman–Crippen LogP) is 0.111. The zero-order chi connectivity index (χ0) is 6.85. The molecule has 3 unspecified atom stereocenters. The van der Waals surface area contributed by atoms with E-state index in [0.717, 1.165) is 6.54 Å². The maximum absolute atomic E-state index is 3.43. The molecule has 3 heteroatoms. The summed E-state index contributed by atoms with van der Waals surface area (Å²) in [6, 6.07) is 0.645. The maximum atomic E-state index is 3.43. The van der Waals surface area contributed by atoms with Crippen LogP contribution in [0.1, 0.15) is 6.92 Å². The van der Waals surface area contributed by atoms with Gasteiger partial charge in [-0.05, 0) is 14.0 Å². The lowest BCUT2D eigenvalue weighted by Gasteiger charge is -2.33. The van der Waals surface area contributed by atoms with Crippen molar-refractivity contribution in [2.45, 2.75) is 18.7 Å². The van der Waals surface area contributed by atoms with E-state index < -0.39 is 0 Å². The van der Waals surface area contributed by atoms with E-state index in [4.69, 9.17) is 0 Å². The maximum Gasteiger partial charge on any atom is 0.0341 e. The number of hydrogen-bond acceptors (Lipinski definition) is 2. The van der Waals surface area contributed by atoms with E-state index >= 15 is 0 Å². The summed E-state index contributed by atoms with van der Waals surface area (Å²) >= 11 is 0. The molecule has 1 fully saturated rings. The van der Waals surface area contributed by atoms with Crippen LogP contribution in [0, 0.1) is 0 Å². The zero-order valence-corrected chi connectivity index (χ0v) is 7.25. The smallest absolute Gasteiger partial charge is 0.0341 e. The van der Waals surface area contributed by atoms with Gasteiger partial charge in [-0.25, -0.2) is 0 Å². The molecule has 1 saturated heterocycles. The first kappa shape index (κ1) is 7.46. The summed E-state index contributed by atoms with van der Waals surface area (Å²) in [5.74, 6) is 0.582. The highest BCUT2D eigenvalue weighted by molar-refractivity contribution is 7.17. The first-order valence-corrected chi connectivity index (χ1v) is 4.05. The summed E-state index contributed by atoms with van der Waals surface area (Å²) in [6.07, 6.45) is 0. The first-order valence-electron chi connectivity index (χ1n) is 3.38. The van der Waals surface area contributed by atoms with Gasteiger partial charge in [0.05, 0.1) is 0 Å². The van der Waals surface area contributed by atoms with Crippen molar-refractivity contribution in [3.63, 3.8) is 0 Å². The molecule has 1 aliphatic rings. The molecule has 0 bridgehead atoms. The van der Waals surface area contributed by atoms with E-state index in [-0.39, 0.29) is 0 Å². The second-order valence-electron chi connectivity index (χ2n) is 2.90. The Morgan fingerprint density at radius 3 is 2.67 bits per heavy atom. The van der Waals surface area contributed by atoms with Gasteiger partial charge < -0.3 is 10.2 Å². The molecule has 2 nitrogen and oxygen atoms in total. The Morgan fingerprint density at radius 2 is 2.22 bits per heavy atom. The average Bonchev–Trinajstić information content (AvgIpc) is 1.59. The topological polar surface area (TPSA) is 15.3 Å². The molecule has 54 valence electrons. The molecule has 0 aromatic carbocycles. The Kier molecular flexibility index (Phi) is 2.45. The summed E-state index contributed by atoms with van der Waals surface area (Å²) in [4.78, 5) is 2.35. The fourth-order valence-corrected chi connectivity index (χ4v) is 2.04. The van der Waals surface area contributed by atoms with Crippen LogP contribution in [0.5, 0.6) is 0 Å². The molecule has 0 saturated carbocycles. The summed E-state index contributed by atoms with van der Waals surface area (Å²) in [5, 5.41) is 3.43. The molecule has 1 N–H and O–H groups in total. The van der Waals surface area contributed by atoms with Crippen LogP contribution in [-0.4, -0.2) is 36.9 Å². The quantitative estimate of drug-likeness (QED) is 0.488. The van der Waals surface area contributed by atoms with Crippen molar-refractivity contribution >= 4 is 9.24 Å². The van der Waals surface area contributed by atoms with Crippen molar-refractivity contribution < 1.29 is 0 Å². The van der Waals surface area contributed by atoms with Crippen molar-refractivity contribution in [2.75, 3.05) is 20.1 Å². The van der Waals surface area contributed by atoms with Gasteiger partial charge in [0, 0.05) is 24.9 Å². The molecule has 0 aliphatic carbocycles. The highest BCUT2D eigenvalue weighted by Crippen LogP contribution is 2.05. The van der Waals surface area contributed by atoms with Crippen LogP contribution >= 0.6 is 9.24 Å². The molecule has 0 spiro atoms. The number of piperazine rings is 1. The molecule has 3 atom stereocenters. The third-order valence-corrected chi connectivity index (χ3v) is 2.00. The largest absolute Gasteiger partial charge is 0.306 e. The van der Waals surface area contributed by atoms with E-state index in [1.807, 2.05) is 0 Å². The van der Waals surface area contributed by atoms with Crippen LogP contribution in [0.2, 0.25) is 0 Å². The van der Waals surface area contributed by atoms with Crippen LogP contribution in [0.15, 0.2) is 0 Å². The van der Waals surface area contributed by atoms with Crippen molar-refractivity contribution in [3.8, 4) is 0 Å². The zero-order valence-electron chi connectivity index (χ0n) is 6.09. The summed E-state index contributed by atoms with van der Waals surface area (Å²) < 4.78 is 0. The minimum atomic E-state index is 0.582. The summed E-state index contributed by atoms with van der Waals surface area (Å²) in [6.45, 7) is 4.53. The number of rotatable bonds is 0. The minimum absolute atomic E-state index is 0.582. The van der Waals surface area contributed by atoms with Gasteiger partial charge >= 0.3 is 0 Å². The summed E-state index contributed by atoms with van der Waals surface area (Å²) in [5.41, 5.74) is 0. The van der Waals surface area contributed by atoms with Gasteiger partial charge in [0.15, 0.2) is 0 Å². The van der Waals surface area contributed by atoms with Crippen LogP contribution in [0.4, 0.5) is 0 Å². The summed E-state index contributed by atoms with van der Waals surface area (Å²) in [7, 11) is 4.96. The molecule has 1 aliphatic heterocycles. The second-order valence-corrected chi connectivity index (χ2v) is 3.70. The normalized spacial score (nSPS) is 39.0. The average molecular weight is 146 g/mol. The Morgan fingerprint density at radius 1 is 1.56 bits per heavy atom. The lowest BCUT2D eigenvalue weighted by molar-refractivity contribution is 0.235. The molecule has 1 heterocycles. The minimum Gasteiger partial charge on any atom is -0.306 e. The van der Waals surface area contributed by atoms with Crippen LogP contribution in [-0.2, 0) is 0 Å². The van der Waals surface area contributed by atoms with Crippen molar-refractivity contribution in [1.29, 1.82) is 0 Å². The number of nitrogens with zero attached hydrogens (tertiary/aromatic N) is 1. The van der Waals surface area contributed by atoms with Crippen LogP contribution < -0.4 is 5.32 Å². The van der Waals surface area contributed by atoms with Gasteiger partial charge in [0.25, 0.3) is 0 Å².